The SMILES string of the molecule is C[C@@H](C(=O)NCc1cccc(-c2ccc(C(F)(F)F)cc2)c1)N(C)C(=O)O. The molecule has 2 aromatic rings. The Labute approximate surface area is 154 Å². The molecule has 2 aromatic carbocycles. The highest BCUT2D eigenvalue weighted by Crippen LogP contribution is 2.31. The lowest BCUT2D eigenvalue weighted by Gasteiger charge is -2.21. The Morgan fingerprint density at radius 1 is 1.11 bits per heavy atom. The van der Waals surface area contributed by atoms with Gasteiger partial charge in [0.05, 0.1) is 5.56 Å². The Hall–Kier alpha value is -3.03. The van der Waals surface area contributed by atoms with Gasteiger partial charge in [0.15, 0.2) is 0 Å². The number of alkyl halides is 3. The first-order chi connectivity index (χ1) is 12.6. The lowest BCUT2D eigenvalue weighted by atomic mass is 10.0. The molecule has 0 radical (unpaired) electrons. The van der Waals surface area contributed by atoms with E-state index in [1.165, 1.54) is 26.1 Å². The molecule has 0 aliphatic heterocycles. The molecule has 0 saturated carbocycles. The van der Waals surface area contributed by atoms with E-state index in [9.17, 15) is 22.8 Å². The molecule has 144 valence electrons. The molecule has 27 heavy (non-hydrogen) atoms. The molecule has 2 N–H and O–H groups in total. The molecular weight excluding hydrogens is 361 g/mol. The van der Waals surface area contributed by atoms with Crippen LogP contribution in [0.1, 0.15) is 18.1 Å². The van der Waals surface area contributed by atoms with Crippen molar-refractivity contribution in [3.63, 3.8) is 0 Å². The Morgan fingerprint density at radius 3 is 2.30 bits per heavy atom. The van der Waals surface area contributed by atoms with Gasteiger partial charge in [-0.25, -0.2) is 4.79 Å². The molecule has 0 unspecified atom stereocenters. The molecular formula is C19H19F3N2O3. The minimum absolute atomic E-state index is 0.172. The van der Waals surface area contributed by atoms with Gasteiger partial charge in [0.1, 0.15) is 6.04 Å². The zero-order chi connectivity index (χ0) is 20.2. The number of nitrogens with zero attached hydrogens (tertiary/aromatic N) is 1. The van der Waals surface area contributed by atoms with Gasteiger partial charge in [0.25, 0.3) is 0 Å². The quantitative estimate of drug-likeness (QED) is 0.824. The predicted octanol–water partition coefficient (Wildman–Crippen LogP) is 3.99. The highest BCUT2D eigenvalue weighted by molar-refractivity contribution is 5.84. The van der Waals surface area contributed by atoms with E-state index in [1.54, 1.807) is 24.3 Å². The lowest BCUT2D eigenvalue weighted by Crippen LogP contribution is -2.45. The summed E-state index contributed by atoms with van der Waals surface area (Å²) >= 11 is 0. The smallest absolute Gasteiger partial charge is 0.416 e. The summed E-state index contributed by atoms with van der Waals surface area (Å²) < 4.78 is 38.0. The van der Waals surface area contributed by atoms with Gasteiger partial charge in [-0.2, -0.15) is 13.2 Å². The predicted molar refractivity (Wildman–Crippen MR) is 94.0 cm³/mol. The van der Waals surface area contributed by atoms with Crippen molar-refractivity contribution >= 4 is 12.0 Å². The highest BCUT2D eigenvalue weighted by atomic mass is 19.4. The summed E-state index contributed by atoms with van der Waals surface area (Å²) in [5.74, 6) is -0.445. The maximum atomic E-state index is 12.7. The third-order valence-corrected chi connectivity index (χ3v) is 4.20. The average molecular weight is 380 g/mol. The van der Waals surface area contributed by atoms with Crippen LogP contribution in [0.25, 0.3) is 11.1 Å². The summed E-state index contributed by atoms with van der Waals surface area (Å²) in [4.78, 5) is 23.8. The molecule has 1 atom stereocenters. The summed E-state index contributed by atoms with van der Waals surface area (Å²) in [6, 6.07) is 11.0. The fraction of sp³-hybridized carbons (Fsp3) is 0.263. The van der Waals surface area contributed by atoms with Crippen LogP contribution >= 0.6 is 0 Å². The van der Waals surface area contributed by atoms with E-state index < -0.39 is 29.8 Å². The fourth-order valence-corrected chi connectivity index (χ4v) is 2.39. The standard InChI is InChI=1S/C19H19F3N2O3/c1-12(24(2)18(26)27)17(25)23-11-13-4-3-5-15(10-13)14-6-8-16(9-7-14)19(20,21)22/h3-10,12H,11H2,1-2H3,(H,23,25)(H,26,27)/t12-/m0/s1. The zero-order valence-corrected chi connectivity index (χ0v) is 14.7. The molecule has 5 nitrogen and oxygen atoms in total. The molecule has 0 aliphatic carbocycles. The van der Waals surface area contributed by atoms with Crippen molar-refractivity contribution in [1.29, 1.82) is 0 Å². The first kappa shape index (κ1) is 20.3. The molecule has 8 heteroatoms. The summed E-state index contributed by atoms with van der Waals surface area (Å²) in [6.45, 7) is 1.65. The van der Waals surface area contributed by atoms with Gasteiger partial charge in [-0.1, -0.05) is 30.3 Å². The van der Waals surface area contributed by atoms with Gasteiger partial charge in [-0.05, 0) is 41.8 Å². The second-order valence-corrected chi connectivity index (χ2v) is 6.06. The number of carbonyl (C=O) groups excluding carboxylic acids is 1. The van der Waals surface area contributed by atoms with Gasteiger partial charge in [0.2, 0.25) is 5.91 Å². The summed E-state index contributed by atoms with van der Waals surface area (Å²) in [5, 5.41) is 11.5. The van der Waals surface area contributed by atoms with Crippen molar-refractivity contribution in [2.24, 2.45) is 0 Å². The first-order valence-electron chi connectivity index (χ1n) is 8.09. The lowest BCUT2D eigenvalue weighted by molar-refractivity contribution is -0.137. The third kappa shape index (κ3) is 5.22. The van der Waals surface area contributed by atoms with Crippen LogP contribution in [0.5, 0.6) is 0 Å². The van der Waals surface area contributed by atoms with Crippen molar-refractivity contribution in [1.82, 2.24) is 10.2 Å². The van der Waals surface area contributed by atoms with Crippen LogP contribution in [0.4, 0.5) is 18.0 Å². The Kier molecular flexibility index (Phi) is 6.09. The molecule has 0 aliphatic rings. The fourth-order valence-electron chi connectivity index (χ4n) is 2.39. The van der Waals surface area contributed by atoms with Crippen LogP contribution in [0.15, 0.2) is 48.5 Å². The van der Waals surface area contributed by atoms with Gasteiger partial charge in [-0.15, -0.1) is 0 Å². The monoisotopic (exact) mass is 380 g/mol. The number of likely N-dealkylation sites (N-methyl/N-ethyl adjacent to an activating group) is 1. The number of hydrogen-bond donors (Lipinski definition) is 2. The number of amides is 2. The normalized spacial score (nSPS) is 12.3. The summed E-state index contributed by atoms with van der Waals surface area (Å²) in [6.07, 6.45) is -5.59. The van der Waals surface area contributed by atoms with Crippen LogP contribution in [-0.2, 0) is 17.5 Å². The van der Waals surface area contributed by atoms with Crippen molar-refractivity contribution in [3.05, 3.63) is 59.7 Å². The number of nitrogens with one attached hydrogen (secondary N) is 1. The van der Waals surface area contributed by atoms with Crippen molar-refractivity contribution in [3.8, 4) is 11.1 Å². The molecule has 0 spiro atoms. The second kappa shape index (κ2) is 8.11. The van der Waals surface area contributed by atoms with E-state index in [4.69, 9.17) is 5.11 Å². The van der Waals surface area contributed by atoms with E-state index in [2.05, 4.69) is 5.32 Å². The molecule has 2 rings (SSSR count). The van der Waals surface area contributed by atoms with Crippen LogP contribution < -0.4 is 5.32 Å². The number of carboxylic acid groups (broad SMARTS) is 1. The maximum absolute atomic E-state index is 12.7. The van der Waals surface area contributed by atoms with E-state index >= 15 is 0 Å². The average Bonchev–Trinajstić information content (AvgIpc) is 2.64. The number of rotatable bonds is 5. The Morgan fingerprint density at radius 2 is 1.74 bits per heavy atom. The molecule has 0 heterocycles. The maximum Gasteiger partial charge on any atom is 0.416 e. The van der Waals surface area contributed by atoms with E-state index in [1.807, 2.05) is 0 Å². The Bertz CT molecular complexity index is 820. The van der Waals surface area contributed by atoms with E-state index in [-0.39, 0.29) is 6.54 Å². The number of carbonyl (C=O) groups is 2. The minimum atomic E-state index is -4.38. The second-order valence-electron chi connectivity index (χ2n) is 6.06. The van der Waals surface area contributed by atoms with Crippen molar-refractivity contribution in [2.75, 3.05) is 7.05 Å². The zero-order valence-electron chi connectivity index (χ0n) is 14.7. The Balaban J connectivity index is 2.07. The van der Waals surface area contributed by atoms with Crippen molar-refractivity contribution in [2.45, 2.75) is 25.7 Å². The molecule has 2 amide bonds. The van der Waals surface area contributed by atoms with Crippen LogP contribution in [-0.4, -0.2) is 35.1 Å². The molecule has 0 aromatic heterocycles. The highest BCUT2D eigenvalue weighted by Gasteiger charge is 2.30. The van der Waals surface area contributed by atoms with Gasteiger partial charge in [0, 0.05) is 13.6 Å². The number of halogens is 3. The van der Waals surface area contributed by atoms with Crippen LogP contribution in [0, 0.1) is 0 Å². The minimum Gasteiger partial charge on any atom is -0.465 e. The number of hydrogen-bond acceptors (Lipinski definition) is 2. The largest absolute Gasteiger partial charge is 0.465 e. The van der Waals surface area contributed by atoms with Crippen LogP contribution in [0.3, 0.4) is 0 Å². The summed E-state index contributed by atoms with van der Waals surface area (Å²) in [7, 11) is 1.30. The molecule has 0 bridgehead atoms. The van der Waals surface area contributed by atoms with Gasteiger partial charge >= 0.3 is 12.3 Å². The third-order valence-electron chi connectivity index (χ3n) is 4.20. The molecule has 0 fully saturated rings. The van der Waals surface area contributed by atoms with Crippen LogP contribution in [0.2, 0.25) is 0 Å². The van der Waals surface area contributed by atoms with E-state index in [0.717, 1.165) is 22.6 Å². The number of benzene rings is 2. The topological polar surface area (TPSA) is 69.6 Å². The van der Waals surface area contributed by atoms with Gasteiger partial charge in [-0.3, -0.25) is 9.69 Å². The molecule has 0 saturated heterocycles. The van der Waals surface area contributed by atoms with Crippen molar-refractivity contribution < 1.29 is 27.9 Å². The first-order valence-corrected chi connectivity index (χ1v) is 8.09. The summed E-state index contributed by atoms with van der Waals surface area (Å²) in [5.41, 5.74) is 1.36. The van der Waals surface area contributed by atoms with Gasteiger partial charge < -0.3 is 10.4 Å². The van der Waals surface area contributed by atoms with E-state index in [0.29, 0.717) is 11.1 Å².